The molecule has 0 atom stereocenters. The molecular weight excluding hydrogens is 336 g/mol. The van der Waals surface area contributed by atoms with Gasteiger partial charge in [0.05, 0.1) is 4.90 Å². The Labute approximate surface area is 138 Å². The topological polar surface area (TPSA) is 76.9 Å². The maximum Gasteiger partial charge on any atom is 0.261 e. The van der Waals surface area contributed by atoms with E-state index in [1.54, 1.807) is 47.3 Å². The van der Waals surface area contributed by atoms with E-state index in [-0.39, 0.29) is 4.90 Å². The van der Waals surface area contributed by atoms with E-state index in [2.05, 4.69) is 14.9 Å². The van der Waals surface area contributed by atoms with Crippen LogP contribution in [0.2, 0.25) is 5.02 Å². The van der Waals surface area contributed by atoms with Gasteiger partial charge in [-0.05, 0) is 42.5 Å². The lowest BCUT2D eigenvalue weighted by molar-refractivity contribution is 0.601. The van der Waals surface area contributed by atoms with Crippen LogP contribution in [0.5, 0.6) is 0 Å². The van der Waals surface area contributed by atoms with E-state index in [1.807, 2.05) is 7.05 Å². The highest BCUT2D eigenvalue weighted by molar-refractivity contribution is 7.92. The quantitative estimate of drug-likeness (QED) is 0.786. The zero-order valence-corrected chi connectivity index (χ0v) is 13.7. The molecule has 6 nitrogen and oxygen atoms in total. The van der Waals surface area contributed by atoms with Gasteiger partial charge in [0.25, 0.3) is 10.0 Å². The third-order valence-electron chi connectivity index (χ3n) is 3.21. The summed E-state index contributed by atoms with van der Waals surface area (Å²) in [6.45, 7) is 0. The van der Waals surface area contributed by atoms with Crippen molar-refractivity contribution in [2.75, 3.05) is 4.72 Å². The van der Waals surface area contributed by atoms with Gasteiger partial charge in [-0.25, -0.2) is 8.42 Å². The van der Waals surface area contributed by atoms with Crippen LogP contribution in [0.15, 0.2) is 59.8 Å². The van der Waals surface area contributed by atoms with E-state index in [0.717, 1.165) is 5.56 Å². The van der Waals surface area contributed by atoms with E-state index in [0.29, 0.717) is 16.5 Å². The fraction of sp³-hybridized carbons (Fsp3) is 0.0667. The molecule has 1 aromatic heterocycles. The Morgan fingerprint density at radius 1 is 1.13 bits per heavy atom. The van der Waals surface area contributed by atoms with Crippen molar-refractivity contribution in [3.63, 3.8) is 0 Å². The Morgan fingerprint density at radius 3 is 2.48 bits per heavy atom. The van der Waals surface area contributed by atoms with Gasteiger partial charge in [-0.15, -0.1) is 10.2 Å². The van der Waals surface area contributed by atoms with Gasteiger partial charge in [-0.3, -0.25) is 4.72 Å². The average molecular weight is 349 g/mol. The van der Waals surface area contributed by atoms with Gasteiger partial charge in [0.15, 0.2) is 5.82 Å². The number of hydrogen-bond acceptors (Lipinski definition) is 4. The summed E-state index contributed by atoms with van der Waals surface area (Å²) in [5, 5.41) is 8.19. The molecule has 0 saturated carbocycles. The van der Waals surface area contributed by atoms with E-state index in [9.17, 15) is 8.42 Å². The van der Waals surface area contributed by atoms with Crippen LogP contribution in [0.25, 0.3) is 11.4 Å². The van der Waals surface area contributed by atoms with Crippen LogP contribution in [-0.2, 0) is 17.1 Å². The molecule has 8 heteroatoms. The number of aromatic nitrogens is 3. The van der Waals surface area contributed by atoms with Crippen LogP contribution in [-0.4, -0.2) is 23.2 Å². The second-order valence-corrected chi connectivity index (χ2v) is 7.02. The Bertz CT molecular complexity index is 936. The van der Waals surface area contributed by atoms with Gasteiger partial charge in [0, 0.05) is 23.3 Å². The van der Waals surface area contributed by atoms with Crippen molar-refractivity contribution in [3.8, 4) is 11.4 Å². The second-order valence-electron chi connectivity index (χ2n) is 4.91. The van der Waals surface area contributed by atoms with Gasteiger partial charge < -0.3 is 4.57 Å². The highest BCUT2D eigenvalue weighted by Gasteiger charge is 2.14. The van der Waals surface area contributed by atoms with Gasteiger partial charge in [0.2, 0.25) is 0 Å². The fourth-order valence-electron chi connectivity index (χ4n) is 2.08. The zero-order chi connectivity index (χ0) is 16.4. The highest BCUT2D eigenvalue weighted by atomic mass is 35.5. The first-order valence-electron chi connectivity index (χ1n) is 6.68. The van der Waals surface area contributed by atoms with Crippen molar-refractivity contribution in [3.05, 3.63) is 59.9 Å². The number of nitrogens with one attached hydrogen (secondary N) is 1. The molecule has 0 fully saturated rings. The van der Waals surface area contributed by atoms with Gasteiger partial charge >= 0.3 is 0 Å². The molecule has 0 saturated heterocycles. The summed E-state index contributed by atoms with van der Waals surface area (Å²) < 4.78 is 29.0. The highest BCUT2D eigenvalue weighted by Crippen LogP contribution is 2.22. The molecule has 0 aliphatic heterocycles. The minimum Gasteiger partial charge on any atom is -0.317 e. The lowest BCUT2D eigenvalue weighted by atomic mass is 10.2. The summed E-state index contributed by atoms with van der Waals surface area (Å²) in [4.78, 5) is 0.113. The molecule has 23 heavy (non-hydrogen) atoms. The number of hydrogen-bond donors (Lipinski definition) is 1. The Kier molecular flexibility index (Phi) is 4.06. The van der Waals surface area contributed by atoms with Crippen LogP contribution in [0.1, 0.15) is 0 Å². The number of halogens is 1. The number of rotatable bonds is 4. The minimum atomic E-state index is -3.68. The lowest BCUT2D eigenvalue weighted by Gasteiger charge is -2.09. The van der Waals surface area contributed by atoms with Crippen LogP contribution in [0, 0.1) is 0 Å². The lowest BCUT2D eigenvalue weighted by Crippen LogP contribution is -2.12. The standard InChI is InChI=1S/C15H13ClN4O2S/c1-20-10-17-18-15(20)11-5-7-13(8-6-11)19-23(21,22)14-4-2-3-12(16)9-14/h2-10,19H,1H3. The molecule has 3 rings (SSSR count). The van der Waals surface area contributed by atoms with Crippen LogP contribution >= 0.6 is 11.6 Å². The van der Waals surface area contributed by atoms with Crippen LogP contribution in [0.3, 0.4) is 0 Å². The largest absolute Gasteiger partial charge is 0.317 e. The van der Waals surface area contributed by atoms with Crippen molar-refractivity contribution < 1.29 is 8.42 Å². The van der Waals surface area contributed by atoms with Crippen LogP contribution in [0.4, 0.5) is 5.69 Å². The first kappa shape index (κ1) is 15.5. The third kappa shape index (κ3) is 3.35. The minimum absolute atomic E-state index is 0.113. The maximum absolute atomic E-state index is 12.3. The normalized spacial score (nSPS) is 11.4. The number of benzene rings is 2. The Hall–Kier alpha value is -2.38. The fourth-order valence-corrected chi connectivity index (χ4v) is 3.44. The summed E-state index contributed by atoms with van der Waals surface area (Å²) in [5.74, 6) is 0.703. The smallest absolute Gasteiger partial charge is 0.261 e. The molecular formula is C15H13ClN4O2S. The molecule has 0 aliphatic carbocycles. The number of anilines is 1. The monoisotopic (exact) mass is 348 g/mol. The molecule has 0 spiro atoms. The molecule has 0 aliphatic rings. The first-order chi connectivity index (χ1) is 11.0. The number of nitrogens with zero attached hydrogens (tertiary/aromatic N) is 3. The molecule has 118 valence electrons. The molecule has 0 bridgehead atoms. The van der Waals surface area contributed by atoms with Gasteiger partial charge in [-0.1, -0.05) is 17.7 Å². The average Bonchev–Trinajstić information content (AvgIpc) is 2.94. The molecule has 0 radical (unpaired) electrons. The Morgan fingerprint density at radius 2 is 1.87 bits per heavy atom. The summed E-state index contributed by atoms with van der Waals surface area (Å²) in [5.41, 5.74) is 1.30. The maximum atomic E-state index is 12.3. The van der Waals surface area contributed by atoms with E-state index in [4.69, 9.17) is 11.6 Å². The molecule has 3 aromatic rings. The summed E-state index contributed by atoms with van der Waals surface area (Å²) >= 11 is 5.84. The molecule has 1 heterocycles. The van der Waals surface area contributed by atoms with Crippen molar-refractivity contribution in [2.45, 2.75) is 4.90 Å². The third-order valence-corrected chi connectivity index (χ3v) is 4.83. The summed E-state index contributed by atoms with van der Waals surface area (Å²) in [6, 6.07) is 13.0. The Balaban J connectivity index is 1.85. The summed E-state index contributed by atoms with van der Waals surface area (Å²) in [7, 11) is -1.84. The summed E-state index contributed by atoms with van der Waals surface area (Å²) in [6.07, 6.45) is 1.60. The van der Waals surface area contributed by atoms with E-state index < -0.39 is 10.0 Å². The zero-order valence-electron chi connectivity index (χ0n) is 12.1. The second kappa shape index (κ2) is 6.02. The van der Waals surface area contributed by atoms with Crippen molar-refractivity contribution in [1.29, 1.82) is 0 Å². The van der Waals surface area contributed by atoms with Gasteiger partial charge in [0.1, 0.15) is 6.33 Å². The van der Waals surface area contributed by atoms with Gasteiger partial charge in [-0.2, -0.15) is 0 Å². The van der Waals surface area contributed by atoms with E-state index in [1.165, 1.54) is 12.1 Å². The number of sulfonamides is 1. The molecule has 1 N–H and O–H groups in total. The number of aryl methyl sites for hydroxylation is 1. The molecule has 2 aromatic carbocycles. The SMILES string of the molecule is Cn1cnnc1-c1ccc(NS(=O)(=O)c2cccc(Cl)c2)cc1. The first-order valence-corrected chi connectivity index (χ1v) is 8.55. The molecule has 0 unspecified atom stereocenters. The molecule has 0 amide bonds. The van der Waals surface area contributed by atoms with E-state index >= 15 is 0 Å². The predicted octanol–water partition coefficient (Wildman–Crippen LogP) is 2.94. The van der Waals surface area contributed by atoms with Crippen LogP contribution < -0.4 is 4.72 Å². The predicted molar refractivity (Wildman–Crippen MR) is 88.7 cm³/mol. The van der Waals surface area contributed by atoms with Crippen molar-refractivity contribution in [2.24, 2.45) is 7.05 Å². The van der Waals surface area contributed by atoms with Crippen molar-refractivity contribution in [1.82, 2.24) is 14.8 Å². The van der Waals surface area contributed by atoms with Crippen molar-refractivity contribution >= 4 is 27.3 Å².